The molecular weight excluding hydrogens is 513 g/mol. The molecule has 3 heterocycles. The van der Waals surface area contributed by atoms with Crippen LogP contribution in [0.25, 0.3) is 0 Å². The summed E-state index contributed by atoms with van der Waals surface area (Å²) in [6.07, 6.45) is -3.21. The number of hydrogen-bond donors (Lipinski definition) is 4. The van der Waals surface area contributed by atoms with E-state index >= 15 is 0 Å². The maximum atomic E-state index is 12.8. The maximum absolute atomic E-state index is 12.8. The predicted octanol–water partition coefficient (Wildman–Crippen LogP) is 1.83. The van der Waals surface area contributed by atoms with Crippen molar-refractivity contribution >= 4 is 41.0 Å². The van der Waals surface area contributed by atoms with Crippen molar-refractivity contribution in [2.24, 2.45) is 0 Å². The number of methoxy groups -OCH3 is 1. The number of halogens is 3. The monoisotopic (exact) mass is 538 g/mol. The molecule has 0 aliphatic carbocycles. The number of ether oxygens (including phenoxy) is 1. The van der Waals surface area contributed by atoms with Crippen LogP contribution in [0, 0.1) is 0 Å². The van der Waals surface area contributed by atoms with Crippen LogP contribution in [-0.4, -0.2) is 79.9 Å². The molecule has 15 heteroatoms. The smallest absolute Gasteiger partial charge is 0.490 e. The molecule has 4 rings (SSSR count). The number of carboxylic acid groups (broad SMARTS) is 1. The highest BCUT2D eigenvalue weighted by Crippen LogP contribution is 2.31. The van der Waals surface area contributed by atoms with E-state index < -0.39 is 18.2 Å². The molecule has 2 saturated heterocycles. The number of piperazine rings is 1. The van der Waals surface area contributed by atoms with Crippen LogP contribution in [0.15, 0.2) is 36.5 Å². The largest absolute Gasteiger partial charge is 0.495 e. The molecule has 0 saturated carbocycles. The van der Waals surface area contributed by atoms with E-state index in [0.717, 1.165) is 32.0 Å². The minimum atomic E-state index is -5.08. The van der Waals surface area contributed by atoms with Crippen molar-refractivity contribution in [3.63, 3.8) is 0 Å². The van der Waals surface area contributed by atoms with Crippen molar-refractivity contribution < 1.29 is 42.2 Å². The summed E-state index contributed by atoms with van der Waals surface area (Å²) in [5.74, 6) is -2.19. The first-order chi connectivity index (χ1) is 18.0. The van der Waals surface area contributed by atoms with Crippen molar-refractivity contribution in [3.05, 3.63) is 42.1 Å². The highest BCUT2D eigenvalue weighted by Gasteiger charge is 2.38. The second-order valence-electron chi connectivity index (χ2n) is 8.04. The summed E-state index contributed by atoms with van der Waals surface area (Å²) in [6.45, 7) is 3.76. The molecule has 12 nitrogen and oxygen atoms in total. The van der Waals surface area contributed by atoms with Gasteiger partial charge in [-0.25, -0.2) is 14.6 Å². The Morgan fingerprint density at radius 3 is 2.39 bits per heavy atom. The van der Waals surface area contributed by atoms with Crippen molar-refractivity contribution in [2.45, 2.75) is 12.6 Å². The van der Waals surface area contributed by atoms with Gasteiger partial charge in [0.2, 0.25) is 5.91 Å². The number of anilines is 3. The second-order valence-corrected chi connectivity index (χ2v) is 8.04. The average molecular weight is 538 g/mol. The summed E-state index contributed by atoms with van der Waals surface area (Å²) in [4.78, 5) is 53.2. The van der Waals surface area contributed by atoms with Gasteiger partial charge in [-0.1, -0.05) is 0 Å². The number of aromatic nitrogens is 1. The molecule has 0 bridgehead atoms. The molecule has 1 aromatic heterocycles. The number of nitrogens with one attached hydrogen (secondary N) is 3. The Morgan fingerprint density at radius 2 is 1.79 bits per heavy atom. The summed E-state index contributed by atoms with van der Waals surface area (Å²) in [7, 11) is 1.47. The maximum Gasteiger partial charge on any atom is 0.490 e. The third kappa shape index (κ3) is 7.32. The molecule has 2 aliphatic heterocycles. The molecule has 2 aromatic rings. The summed E-state index contributed by atoms with van der Waals surface area (Å²) >= 11 is 0. The number of aliphatic carboxylic acids is 1. The summed E-state index contributed by atoms with van der Waals surface area (Å²) in [5, 5.41) is 15.6. The number of carbonyl (C=O) groups is 4. The highest BCUT2D eigenvalue weighted by atomic mass is 19.4. The number of carbonyl (C=O) groups excluding carboxylic acids is 3. The van der Waals surface area contributed by atoms with Crippen LogP contribution in [0.2, 0.25) is 0 Å². The number of urea groups is 1. The molecule has 1 aromatic carbocycles. The van der Waals surface area contributed by atoms with E-state index in [9.17, 15) is 27.6 Å². The van der Waals surface area contributed by atoms with Crippen LogP contribution >= 0.6 is 0 Å². The van der Waals surface area contributed by atoms with Gasteiger partial charge in [-0.2, -0.15) is 13.2 Å². The van der Waals surface area contributed by atoms with Crippen molar-refractivity contribution in [1.82, 2.24) is 15.6 Å². The van der Waals surface area contributed by atoms with E-state index in [0.29, 0.717) is 22.7 Å². The lowest BCUT2D eigenvalue weighted by atomic mass is 10.1. The van der Waals surface area contributed by atoms with Gasteiger partial charge >= 0.3 is 18.2 Å². The van der Waals surface area contributed by atoms with Crippen LogP contribution in [0.5, 0.6) is 5.75 Å². The zero-order valence-corrected chi connectivity index (χ0v) is 20.2. The van der Waals surface area contributed by atoms with Gasteiger partial charge < -0.3 is 25.4 Å². The highest BCUT2D eigenvalue weighted by molar-refractivity contribution is 6.08. The van der Waals surface area contributed by atoms with Gasteiger partial charge in [-0.3, -0.25) is 19.8 Å². The normalized spacial score (nSPS) is 15.7. The fraction of sp³-hybridized carbons (Fsp3) is 0.348. The lowest BCUT2D eigenvalue weighted by Crippen LogP contribution is -2.49. The number of nitrogens with zero attached hydrogens (tertiary/aromatic N) is 3. The van der Waals surface area contributed by atoms with Crippen LogP contribution in [0.3, 0.4) is 0 Å². The number of imide groups is 1. The van der Waals surface area contributed by atoms with E-state index in [2.05, 4.69) is 25.8 Å². The van der Waals surface area contributed by atoms with E-state index in [1.807, 2.05) is 6.07 Å². The summed E-state index contributed by atoms with van der Waals surface area (Å²) < 4.78 is 37.1. The third-order valence-electron chi connectivity index (χ3n) is 5.47. The molecular formula is C23H25F3N6O6. The first-order valence-electron chi connectivity index (χ1n) is 11.3. The second kappa shape index (κ2) is 12.2. The molecule has 2 aliphatic rings. The minimum absolute atomic E-state index is 0.203. The molecule has 2 fully saturated rings. The summed E-state index contributed by atoms with van der Waals surface area (Å²) in [5.41, 5.74) is 1.52. The number of alkyl halides is 3. The Balaban J connectivity index is 0.000000505. The van der Waals surface area contributed by atoms with Gasteiger partial charge in [0, 0.05) is 62.7 Å². The lowest BCUT2D eigenvalue weighted by molar-refractivity contribution is -0.192. The van der Waals surface area contributed by atoms with E-state index in [-0.39, 0.29) is 24.8 Å². The van der Waals surface area contributed by atoms with Gasteiger partial charge in [0.05, 0.1) is 12.8 Å². The van der Waals surface area contributed by atoms with Gasteiger partial charge in [0.1, 0.15) is 11.6 Å². The predicted molar refractivity (Wildman–Crippen MR) is 129 cm³/mol. The number of rotatable bonds is 5. The van der Waals surface area contributed by atoms with Crippen molar-refractivity contribution in [2.75, 3.05) is 55.0 Å². The van der Waals surface area contributed by atoms with Gasteiger partial charge in [-0.05, 0) is 24.3 Å². The van der Waals surface area contributed by atoms with Crippen LogP contribution in [-0.2, 0) is 9.59 Å². The van der Waals surface area contributed by atoms with Crippen LogP contribution in [0.4, 0.5) is 35.2 Å². The number of benzene rings is 1. The first-order valence-corrected chi connectivity index (χ1v) is 11.3. The fourth-order valence-corrected chi connectivity index (χ4v) is 3.60. The Morgan fingerprint density at radius 1 is 1.11 bits per heavy atom. The minimum Gasteiger partial charge on any atom is -0.495 e. The average Bonchev–Trinajstić information content (AvgIpc) is 2.89. The van der Waals surface area contributed by atoms with Gasteiger partial charge in [-0.15, -0.1) is 0 Å². The SMILES string of the molecule is COc1cc(C(=O)Nc2ccnc(N3CCNCC3)c2)ccc1N1CCC(=O)NC1=O.O=C(O)C(F)(F)F. The quantitative estimate of drug-likeness (QED) is 0.447. The molecule has 0 unspecified atom stereocenters. The first kappa shape index (κ1) is 28.2. The Kier molecular flexibility index (Phi) is 9.07. The Labute approximate surface area is 214 Å². The molecule has 4 amide bonds. The molecule has 0 spiro atoms. The van der Waals surface area contributed by atoms with E-state index in [4.69, 9.17) is 14.6 Å². The number of hydrogen-bond acceptors (Lipinski definition) is 8. The molecule has 0 atom stereocenters. The summed E-state index contributed by atoms with van der Waals surface area (Å²) in [6, 6.07) is 7.92. The van der Waals surface area contributed by atoms with Gasteiger partial charge in [0.25, 0.3) is 5.91 Å². The molecule has 0 radical (unpaired) electrons. The molecule has 204 valence electrons. The Bertz CT molecular complexity index is 1200. The number of amides is 4. The van der Waals surface area contributed by atoms with E-state index in [1.54, 1.807) is 30.5 Å². The third-order valence-corrected chi connectivity index (χ3v) is 5.47. The standard InChI is InChI=1S/C21H24N6O4.C2HF3O2/c1-31-17-12-14(2-3-16(17)27-9-5-19(28)25-21(27)30)20(29)24-15-4-6-23-18(13-15)26-10-7-22-8-11-26;3-2(4,5)1(6)7/h2-4,6,12-13,22H,5,7-11H2,1H3,(H,23,24,29)(H,25,28,30);(H,6,7). The van der Waals surface area contributed by atoms with E-state index in [1.165, 1.54) is 12.0 Å². The fourth-order valence-electron chi connectivity index (χ4n) is 3.60. The van der Waals surface area contributed by atoms with Crippen LogP contribution < -0.4 is 30.5 Å². The van der Waals surface area contributed by atoms with Crippen molar-refractivity contribution in [1.29, 1.82) is 0 Å². The number of pyridine rings is 1. The number of carboxylic acids is 1. The molecule has 38 heavy (non-hydrogen) atoms. The molecule has 4 N–H and O–H groups in total. The topological polar surface area (TPSA) is 153 Å². The van der Waals surface area contributed by atoms with Gasteiger partial charge in [0.15, 0.2) is 0 Å². The zero-order chi connectivity index (χ0) is 27.9. The van der Waals surface area contributed by atoms with Crippen LogP contribution in [0.1, 0.15) is 16.8 Å². The Hall–Kier alpha value is -4.40. The van der Waals surface area contributed by atoms with Crippen molar-refractivity contribution in [3.8, 4) is 5.75 Å². The lowest BCUT2D eigenvalue weighted by Gasteiger charge is -2.28. The zero-order valence-electron chi connectivity index (χ0n) is 20.2.